The van der Waals surface area contributed by atoms with Gasteiger partial charge in [-0.1, -0.05) is 12.1 Å². The zero-order valence-corrected chi connectivity index (χ0v) is 14.4. The summed E-state index contributed by atoms with van der Waals surface area (Å²) in [5.74, 6) is 0.00905. The van der Waals surface area contributed by atoms with Crippen LogP contribution in [0.3, 0.4) is 0 Å². The van der Waals surface area contributed by atoms with E-state index < -0.39 is 11.8 Å². The van der Waals surface area contributed by atoms with Crippen molar-refractivity contribution in [3.8, 4) is 17.2 Å². The molecule has 1 aromatic heterocycles. The van der Waals surface area contributed by atoms with Crippen LogP contribution in [-0.2, 0) is 6.54 Å². The monoisotopic (exact) mass is 362 g/mol. The summed E-state index contributed by atoms with van der Waals surface area (Å²) in [6.45, 7) is 1.99. The van der Waals surface area contributed by atoms with Crippen LogP contribution in [0.15, 0.2) is 36.5 Å². The van der Waals surface area contributed by atoms with Crippen LogP contribution in [0.5, 0.6) is 17.2 Å². The van der Waals surface area contributed by atoms with Crippen molar-refractivity contribution in [2.75, 3.05) is 6.79 Å². The maximum Gasteiger partial charge on any atom is 0.265 e. The molecule has 0 bridgehead atoms. The molecule has 27 heavy (non-hydrogen) atoms. The van der Waals surface area contributed by atoms with Gasteiger partial charge in [0.1, 0.15) is 5.52 Å². The molecule has 0 saturated heterocycles. The topological polar surface area (TPSA) is 89.0 Å². The zero-order chi connectivity index (χ0) is 18.7. The summed E-state index contributed by atoms with van der Waals surface area (Å²) in [5.41, 5.74) is 1.94. The van der Waals surface area contributed by atoms with Crippen molar-refractivity contribution >= 4 is 22.7 Å². The number of hydrogen-bond acceptors (Lipinski definition) is 6. The second-order valence-electron chi connectivity index (χ2n) is 6.51. The molecule has 3 aromatic rings. The highest BCUT2D eigenvalue weighted by molar-refractivity contribution is 6.25. The number of aromatic hydroxyl groups is 1. The normalized spacial score (nSPS) is 14.9. The lowest BCUT2D eigenvalue weighted by Crippen LogP contribution is -2.29. The number of hydrogen-bond donors (Lipinski definition) is 1. The minimum absolute atomic E-state index is 0.0180. The van der Waals surface area contributed by atoms with Gasteiger partial charge < -0.3 is 14.6 Å². The van der Waals surface area contributed by atoms with Crippen LogP contribution in [0.4, 0.5) is 0 Å². The molecule has 2 amide bonds. The molecule has 3 heterocycles. The van der Waals surface area contributed by atoms with Crippen molar-refractivity contribution in [2.45, 2.75) is 13.5 Å². The predicted octanol–water partition coefficient (Wildman–Crippen LogP) is 2.77. The Kier molecular flexibility index (Phi) is 3.15. The van der Waals surface area contributed by atoms with Gasteiger partial charge in [0.15, 0.2) is 17.2 Å². The van der Waals surface area contributed by atoms with Gasteiger partial charge in [-0.25, -0.2) is 0 Å². The van der Waals surface area contributed by atoms with Crippen molar-refractivity contribution in [1.29, 1.82) is 0 Å². The molecule has 0 radical (unpaired) electrons. The smallest absolute Gasteiger partial charge is 0.265 e. The Morgan fingerprint density at radius 2 is 1.89 bits per heavy atom. The van der Waals surface area contributed by atoms with E-state index in [0.29, 0.717) is 28.0 Å². The number of pyridine rings is 1. The molecule has 5 rings (SSSR count). The Morgan fingerprint density at radius 1 is 1.11 bits per heavy atom. The molecule has 2 aromatic carbocycles. The SMILES string of the molecule is Cc1c2c(c(O)c3ncccc13)C(=O)N(Cc1ccc3c(c1)OCO3)C2=O. The maximum atomic E-state index is 13.0. The highest BCUT2D eigenvalue weighted by Gasteiger charge is 2.40. The highest BCUT2D eigenvalue weighted by Crippen LogP contribution is 2.40. The number of carbonyl (C=O) groups excluding carboxylic acids is 2. The molecule has 0 atom stereocenters. The summed E-state index contributed by atoms with van der Waals surface area (Å²) in [5, 5.41) is 11.2. The van der Waals surface area contributed by atoms with Crippen LogP contribution in [0.2, 0.25) is 0 Å². The molecule has 0 fully saturated rings. The number of ether oxygens (including phenoxy) is 2. The van der Waals surface area contributed by atoms with Crippen LogP contribution >= 0.6 is 0 Å². The summed E-state index contributed by atoms with van der Waals surface area (Å²) in [7, 11) is 0. The summed E-state index contributed by atoms with van der Waals surface area (Å²) in [6, 6.07) is 8.78. The fourth-order valence-corrected chi connectivity index (χ4v) is 3.66. The fraction of sp³-hybridized carbons (Fsp3) is 0.150. The van der Waals surface area contributed by atoms with Gasteiger partial charge in [-0.2, -0.15) is 0 Å². The molecule has 134 valence electrons. The first-order chi connectivity index (χ1) is 13.1. The number of imide groups is 1. The minimum atomic E-state index is -0.527. The molecular weight excluding hydrogens is 348 g/mol. The molecule has 0 spiro atoms. The van der Waals surface area contributed by atoms with Crippen molar-refractivity contribution in [3.63, 3.8) is 0 Å². The van der Waals surface area contributed by atoms with Crippen LogP contribution in [0.25, 0.3) is 10.9 Å². The van der Waals surface area contributed by atoms with E-state index in [-0.39, 0.29) is 30.2 Å². The first-order valence-corrected chi connectivity index (χ1v) is 8.41. The molecule has 7 nitrogen and oxygen atoms in total. The summed E-state index contributed by atoms with van der Waals surface area (Å²) >= 11 is 0. The third kappa shape index (κ3) is 2.11. The van der Waals surface area contributed by atoms with Crippen LogP contribution in [0, 0.1) is 6.92 Å². The van der Waals surface area contributed by atoms with Crippen LogP contribution < -0.4 is 9.47 Å². The number of aryl methyl sites for hydroxylation is 1. The van der Waals surface area contributed by atoms with E-state index in [2.05, 4.69) is 4.98 Å². The summed E-state index contributed by atoms with van der Waals surface area (Å²) < 4.78 is 10.6. The predicted molar refractivity (Wildman–Crippen MR) is 94.9 cm³/mol. The lowest BCUT2D eigenvalue weighted by molar-refractivity contribution is 0.0641. The number of nitrogens with zero attached hydrogens (tertiary/aromatic N) is 2. The second-order valence-corrected chi connectivity index (χ2v) is 6.51. The number of aromatic nitrogens is 1. The number of amides is 2. The highest BCUT2D eigenvalue weighted by atomic mass is 16.7. The lowest BCUT2D eigenvalue weighted by Gasteiger charge is -2.14. The van der Waals surface area contributed by atoms with E-state index in [1.165, 1.54) is 0 Å². The Bertz CT molecular complexity index is 1090. The van der Waals surface area contributed by atoms with Gasteiger partial charge in [0.2, 0.25) is 6.79 Å². The van der Waals surface area contributed by atoms with E-state index in [4.69, 9.17) is 9.47 Å². The van der Waals surface area contributed by atoms with Crippen molar-refractivity contribution in [1.82, 2.24) is 9.88 Å². The molecule has 2 aliphatic rings. The Labute approximate surface area is 153 Å². The van der Waals surface area contributed by atoms with Crippen molar-refractivity contribution in [3.05, 3.63) is 58.8 Å². The average molecular weight is 362 g/mol. The largest absolute Gasteiger partial charge is 0.505 e. The van der Waals surface area contributed by atoms with E-state index in [9.17, 15) is 14.7 Å². The van der Waals surface area contributed by atoms with Crippen LogP contribution in [0.1, 0.15) is 31.8 Å². The Morgan fingerprint density at radius 3 is 2.74 bits per heavy atom. The number of phenolic OH excluding ortho intramolecular Hbond substituents is 1. The lowest BCUT2D eigenvalue weighted by atomic mass is 9.97. The molecule has 0 saturated carbocycles. The standard InChI is InChI=1S/C20H14N2O5/c1-10-12-3-2-6-21-17(12)18(23)16-15(10)19(24)22(20(16)25)8-11-4-5-13-14(7-11)27-9-26-13/h2-7,23H,8-9H2,1H3. The van der Waals surface area contributed by atoms with E-state index in [1.54, 1.807) is 43.5 Å². The minimum Gasteiger partial charge on any atom is -0.505 e. The average Bonchev–Trinajstić information content (AvgIpc) is 3.24. The van der Waals surface area contributed by atoms with Gasteiger partial charge >= 0.3 is 0 Å². The fourth-order valence-electron chi connectivity index (χ4n) is 3.66. The number of carbonyl (C=O) groups is 2. The summed E-state index contributed by atoms with van der Waals surface area (Å²) in [4.78, 5) is 31.2. The molecular formula is C20H14N2O5. The van der Waals surface area contributed by atoms with Gasteiger partial charge in [0.25, 0.3) is 11.8 Å². The number of phenols is 1. The van der Waals surface area contributed by atoms with Crippen LogP contribution in [-0.4, -0.2) is 33.6 Å². The summed E-state index contributed by atoms with van der Waals surface area (Å²) in [6.07, 6.45) is 1.54. The van der Waals surface area contributed by atoms with E-state index >= 15 is 0 Å². The third-order valence-electron chi connectivity index (χ3n) is 4.99. The van der Waals surface area contributed by atoms with Gasteiger partial charge in [-0.3, -0.25) is 19.5 Å². The molecule has 0 aliphatic carbocycles. The van der Waals surface area contributed by atoms with Crippen molar-refractivity contribution < 1.29 is 24.2 Å². The van der Waals surface area contributed by atoms with Gasteiger partial charge in [0, 0.05) is 11.6 Å². The quantitative estimate of drug-likeness (QED) is 0.705. The number of fused-ring (bicyclic) bond motifs is 3. The van der Waals surface area contributed by atoms with Crippen molar-refractivity contribution in [2.24, 2.45) is 0 Å². The number of benzene rings is 2. The third-order valence-corrected chi connectivity index (χ3v) is 4.99. The molecule has 1 N–H and O–H groups in total. The van der Waals surface area contributed by atoms with Gasteiger partial charge in [-0.15, -0.1) is 0 Å². The first-order valence-electron chi connectivity index (χ1n) is 8.41. The number of rotatable bonds is 2. The Hall–Kier alpha value is -3.61. The van der Waals surface area contributed by atoms with Gasteiger partial charge in [-0.05, 0) is 36.2 Å². The van der Waals surface area contributed by atoms with E-state index in [0.717, 1.165) is 10.5 Å². The van der Waals surface area contributed by atoms with Gasteiger partial charge in [0.05, 0.1) is 17.7 Å². The second kappa shape index (κ2) is 5.44. The molecule has 7 heteroatoms. The molecule has 0 unspecified atom stereocenters. The molecule has 2 aliphatic heterocycles. The maximum absolute atomic E-state index is 13.0. The van der Waals surface area contributed by atoms with E-state index in [1.807, 2.05) is 0 Å². The Balaban J connectivity index is 1.59. The first kappa shape index (κ1) is 15.6. The zero-order valence-electron chi connectivity index (χ0n) is 14.4.